The smallest absolute Gasteiger partial charge is 0.191 e. The van der Waals surface area contributed by atoms with Crippen molar-refractivity contribution in [1.82, 2.24) is 20.4 Å². The van der Waals surface area contributed by atoms with Crippen LogP contribution < -0.4 is 25.0 Å². The van der Waals surface area contributed by atoms with Crippen molar-refractivity contribution in [3.63, 3.8) is 0 Å². The van der Waals surface area contributed by atoms with Crippen molar-refractivity contribution < 1.29 is 9.47 Å². The van der Waals surface area contributed by atoms with E-state index in [-0.39, 0.29) is 0 Å². The van der Waals surface area contributed by atoms with Crippen LogP contribution in [-0.4, -0.2) is 49.0 Å². The Morgan fingerprint density at radius 1 is 1.15 bits per heavy atom. The molecule has 4 rings (SSSR count). The van der Waals surface area contributed by atoms with Gasteiger partial charge < -0.3 is 25.0 Å². The quantitative estimate of drug-likeness (QED) is 0.425. The number of methoxy groups -OCH3 is 1. The van der Waals surface area contributed by atoms with Gasteiger partial charge in [0.25, 0.3) is 0 Å². The number of nitrogens with one attached hydrogen (secondary N) is 2. The summed E-state index contributed by atoms with van der Waals surface area (Å²) in [5, 5.41) is 11.3. The molecule has 0 bridgehead atoms. The molecule has 2 aromatic carbocycles. The number of ether oxygens (including phenoxy) is 2. The van der Waals surface area contributed by atoms with E-state index >= 15 is 0 Å². The van der Waals surface area contributed by atoms with Crippen LogP contribution in [0.15, 0.2) is 65.9 Å². The van der Waals surface area contributed by atoms with Gasteiger partial charge in [0.1, 0.15) is 5.75 Å². The molecule has 0 amide bonds. The lowest BCUT2D eigenvalue weighted by Gasteiger charge is -2.34. The third kappa shape index (κ3) is 5.97. The maximum absolute atomic E-state index is 5.96. The molecule has 1 aliphatic heterocycles. The average Bonchev–Trinajstić information content (AvgIpc) is 3.29. The van der Waals surface area contributed by atoms with E-state index in [4.69, 9.17) is 9.47 Å². The molecular formula is C25H32N6O2. The summed E-state index contributed by atoms with van der Waals surface area (Å²) in [7, 11) is 5.40. The fourth-order valence-electron chi connectivity index (χ4n) is 3.98. The lowest BCUT2D eigenvalue weighted by molar-refractivity contribution is 0.379. The minimum atomic E-state index is 0.335. The summed E-state index contributed by atoms with van der Waals surface area (Å²) >= 11 is 0. The molecule has 1 saturated heterocycles. The van der Waals surface area contributed by atoms with Gasteiger partial charge in [0.2, 0.25) is 0 Å². The largest absolute Gasteiger partial charge is 0.493 e. The van der Waals surface area contributed by atoms with Crippen LogP contribution in [0.4, 0.5) is 5.69 Å². The van der Waals surface area contributed by atoms with E-state index < -0.39 is 0 Å². The van der Waals surface area contributed by atoms with Crippen LogP contribution >= 0.6 is 0 Å². The summed E-state index contributed by atoms with van der Waals surface area (Å²) in [4.78, 5) is 6.79. The number of rotatable bonds is 7. The van der Waals surface area contributed by atoms with Crippen molar-refractivity contribution in [1.29, 1.82) is 0 Å². The summed E-state index contributed by atoms with van der Waals surface area (Å²) in [6.07, 6.45) is 6.25. The Hall–Kier alpha value is -3.68. The number of aromatic nitrogens is 2. The molecule has 8 heteroatoms. The van der Waals surface area contributed by atoms with Crippen LogP contribution in [0.3, 0.4) is 0 Å². The van der Waals surface area contributed by atoms with Gasteiger partial charge in [0, 0.05) is 46.0 Å². The maximum atomic E-state index is 5.96. The highest BCUT2D eigenvalue weighted by Gasteiger charge is 2.21. The topological polar surface area (TPSA) is 75.9 Å². The van der Waals surface area contributed by atoms with Crippen molar-refractivity contribution in [2.75, 3.05) is 32.1 Å². The number of aliphatic imine (C=N–C) groups is 1. The van der Waals surface area contributed by atoms with Crippen LogP contribution in [0.25, 0.3) is 0 Å². The third-order valence-corrected chi connectivity index (χ3v) is 5.72. The SMILES string of the molecule is CN=C(NCc1ccc(Oc2ccccc2OC)cc1)NC1CCCN(c2cnn(C)c2)C1. The molecule has 1 unspecified atom stereocenters. The van der Waals surface area contributed by atoms with E-state index in [0.717, 1.165) is 43.2 Å². The molecule has 0 radical (unpaired) electrons. The zero-order valence-electron chi connectivity index (χ0n) is 19.5. The molecule has 0 spiro atoms. The third-order valence-electron chi connectivity index (χ3n) is 5.72. The van der Waals surface area contributed by atoms with Crippen molar-refractivity contribution in [3.8, 4) is 17.2 Å². The standard InChI is InChI=1S/C25H32N6O2/c1-26-25(29-20-7-6-14-31(17-20)21-16-28-30(2)18-21)27-15-19-10-12-22(13-11-19)33-24-9-5-4-8-23(24)32-3/h4-5,8-13,16,18,20H,6-7,14-15,17H2,1-3H3,(H2,26,27,29). The van der Waals surface area contributed by atoms with Crippen molar-refractivity contribution >= 4 is 11.6 Å². The Morgan fingerprint density at radius 2 is 1.94 bits per heavy atom. The van der Waals surface area contributed by atoms with Crippen molar-refractivity contribution in [2.45, 2.75) is 25.4 Å². The average molecular weight is 449 g/mol. The second kappa shape index (κ2) is 10.8. The van der Waals surface area contributed by atoms with E-state index in [1.807, 2.05) is 54.3 Å². The van der Waals surface area contributed by atoms with Crippen LogP contribution in [0.1, 0.15) is 18.4 Å². The molecule has 2 N–H and O–H groups in total. The lowest BCUT2D eigenvalue weighted by atomic mass is 10.1. The molecule has 3 aromatic rings. The molecule has 174 valence electrons. The second-order valence-corrected chi connectivity index (χ2v) is 8.12. The normalized spacial score (nSPS) is 16.4. The molecular weight excluding hydrogens is 416 g/mol. The fraction of sp³-hybridized carbons (Fsp3) is 0.360. The van der Waals surface area contributed by atoms with Gasteiger partial charge in [-0.3, -0.25) is 9.67 Å². The summed E-state index contributed by atoms with van der Waals surface area (Å²) in [5.41, 5.74) is 2.31. The van der Waals surface area contributed by atoms with Gasteiger partial charge in [-0.15, -0.1) is 0 Å². The van der Waals surface area contributed by atoms with Crippen LogP contribution in [0, 0.1) is 0 Å². The zero-order valence-corrected chi connectivity index (χ0v) is 19.5. The van der Waals surface area contributed by atoms with Gasteiger partial charge in [0.05, 0.1) is 19.0 Å². The molecule has 33 heavy (non-hydrogen) atoms. The summed E-state index contributed by atoms with van der Waals surface area (Å²) in [6, 6.07) is 16.0. The van der Waals surface area contributed by atoms with Gasteiger partial charge in [-0.1, -0.05) is 24.3 Å². The highest BCUT2D eigenvalue weighted by molar-refractivity contribution is 5.80. The molecule has 2 heterocycles. The first-order valence-corrected chi connectivity index (χ1v) is 11.2. The highest BCUT2D eigenvalue weighted by atomic mass is 16.5. The van der Waals surface area contributed by atoms with Gasteiger partial charge in [-0.2, -0.15) is 5.10 Å². The van der Waals surface area contributed by atoms with Gasteiger partial charge >= 0.3 is 0 Å². The number of aryl methyl sites for hydroxylation is 1. The zero-order chi connectivity index (χ0) is 23.0. The number of hydrogen-bond donors (Lipinski definition) is 2. The Morgan fingerprint density at radius 3 is 2.64 bits per heavy atom. The second-order valence-electron chi connectivity index (χ2n) is 8.12. The Bertz CT molecular complexity index is 1060. The molecule has 1 aliphatic rings. The summed E-state index contributed by atoms with van der Waals surface area (Å²) < 4.78 is 13.2. The lowest BCUT2D eigenvalue weighted by Crippen LogP contribution is -2.51. The number of hydrogen-bond acceptors (Lipinski definition) is 5. The number of anilines is 1. The van der Waals surface area contributed by atoms with Crippen molar-refractivity contribution in [2.24, 2.45) is 12.0 Å². The van der Waals surface area contributed by atoms with Crippen LogP contribution in [-0.2, 0) is 13.6 Å². The molecule has 0 saturated carbocycles. The van der Waals surface area contributed by atoms with E-state index in [9.17, 15) is 0 Å². The molecule has 1 aromatic heterocycles. The van der Waals surface area contributed by atoms with E-state index in [1.165, 1.54) is 5.69 Å². The first-order chi connectivity index (χ1) is 16.1. The minimum Gasteiger partial charge on any atom is -0.493 e. The summed E-state index contributed by atoms with van der Waals surface area (Å²) in [6.45, 7) is 2.66. The number of para-hydroxylation sites is 2. The maximum Gasteiger partial charge on any atom is 0.191 e. The van der Waals surface area contributed by atoms with Crippen LogP contribution in [0.5, 0.6) is 17.2 Å². The molecule has 1 fully saturated rings. The van der Waals surface area contributed by atoms with Crippen LogP contribution in [0.2, 0.25) is 0 Å². The number of nitrogens with zero attached hydrogens (tertiary/aromatic N) is 4. The first kappa shape index (κ1) is 22.5. The Labute approximate surface area is 195 Å². The first-order valence-electron chi connectivity index (χ1n) is 11.2. The predicted octanol–water partition coefficient (Wildman–Crippen LogP) is 3.56. The molecule has 0 aliphatic carbocycles. The Balaban J connectivity index is 1.28. The van der Waals surface area contributed by atoms with Gasteiger partial charge in [0.15, 0.2) is 17.5 Å². The minimum absolute atomic E-state index is 0.335. The van der Waals surface area contributed by atoms with Gasteiger partial charge in [-0.05, 0) is 42.7 Å². The summed E-state index contributed by atoms with van der Waals surface area (Å²) in [5.74, 6) is 2.98. The predicted molar refractivity (Wildman–Crippen MR) is 131 cm³/mol. The molecule has 1 atom stereocenters. The van der Waals surface area contributed by atoms with Crippen molar-refractivity contribution in [3.05, 3.63) is 66.5 Å². The van der Waals surface area contributed by atoms with E-state index in [2.05, 4.69) is 44.0 Å². The fourth-order valence-corrected chi connectivity index (χ4v) is 3.98. The van der Waals surface area contributed by atoms with E-state index in [1.54, 1.807) is 14.2 Å². The van der Waals surface area contributed by atoms with Gasteiger partial charge in [-0.25, -0.2) is 0 Å². The number of piperidine rings is 1. The Kier molecular flexibility index (Phi) is 7.34. The monoisotopic (exact) mass is 448 g/mol. The number of benzene rings is 2. The molecule has 8 nitrogen and oxygen atoms in total. The highest BCUT2D eigenvalue weighted by Crippen LogP contribution is 2.30. The number of guanidine groups is 1. The van der Waals surface area contributed by atoms with E-state index in [0.29, 0.717) is 24.1 Å².